The number of benzene rings is 2. The molecule has 1 spiro atoms. The molecule has 2 aromatic carbocycles. The first-order valence-corrected chi connectivity index (χ1v) is 12.7. The second-order valence-electron chi connectivity index (χ2n) is 10.4. The largest absolute Gasteiger partial charge is 0.345 e. The summed E-state index contributed by atoms with van der Waals surface area (Å²) in [6, 6.07) is 9.70. The quantitative estimate of drug-likeness (QED) is 0.510. The summed E-state index contributed by atoms with van der Waals surface area (Å²) in [7, 11) is 0. The van der Waals surface area contributed by atoms with Crippen molar-refractivity contribution in [3.63, 3.8) is 0 Å². The van der Waals surface area contributed by atoms with Crippen LogP contribution in [0.3, 0.4) is 0 Å². The Morgan fingerprint density at radius 1 is 1.13 bits per heavy atom. The molecule has 1 aromatic heterocycles. The maximum atomic E-state index is 14.1. The van der Waals surface area contributed by atoms with Gasteiger partial charge in [-0.1, -0.05) is 31.2 Å². The van der Waals surface area contributed by atoms with E-state index in [0.717, 1.165) is 30.2 Å². The highest BCUT2D eigenvalue weighted by Gasteiger charge is 2.52. The first-order chi connectivity index (χ1) is 18.1. The molecule has 0 saturated heterocycles. The topological polar surface area (TPSA) is 116 Å². The summed E-state index contributed by atoms with van der Waals surface area (Å²) in [6.07, 6.45) is 2.34. The Hall–Kier alpha value is -4.02. The highest BCUT2D eigenvalue weighted by atomic mass is 19.1. The summed E-state index contributed by atoms with van der Waals surface area (Å²) < 4.78 is 28.1. The Balaban J connectivity index is 1.43. The number of hydrogen-bond acceptors (Lipinski definition) is 6. The third-order valence-corrected chi connectivity index (χ3v) is 7.32. The molecule has 9 nitrogen and oxygen atoms in total. The summed E-state index contributed by atoms with van der Waals surface area (Å²) >= 11 is 0. The number of halogens is 2. The van der Waals surface area contributed by atoms with Crippen molar-refractivity contribution in [1.82, 2.24) is 30.8 Å². The lowest BCUT2D eigenvalue weighted by Crippen LogP contribution is -2.51. The van der Waals surface area contributed by atoms with Crippen molar-refractivity contribution >= 4 is 17.5 Å². The van der Waals surface area contributed by atoms with Gasteiger partial charge in [0.05, 0.1) is 12.6 Å². The Labute approximate surface area is 218 Å². The van der Waals surface area contributed by atoms with Gasteiger partial charge in [0.15, 0.2) is 5.82 Å². The minimum absolute atomic E-state index is 0.0778. The van der Waals surface area contributed by atoms with Gasteiger partial charge < -0.3 is 10.2 Å². The van der Waals surface area contributed by atoms with E-state index in [1.54, 1.807) is 17.0 Å². The maximum Gasteiger partial charge on any atom is 0.275 e. The highest BCUT2D eigenvalue weighted by Crippen LogP contribution is 2.47. The number of H-pyrrole nitrogens is 1. The van der Waals surface area contributed by atoms with Crippen LogP contribution in [0.4, 0.5) is 8.78 Å². The number of amides is 2. The van der Waals surface area contributed by atoms with Crippen molar-refractivity contribution in [3.8, 4) is 0 Å². The third kappa shape index (κ3) is 4.92. The molecule has 1 aliphatic heterocycles. The van der Waals surface area contributed by atoms with E-state index in [0.29, 0.717) is 36.1 Å². The molecule has 2 amide bonds. The van der Waals surface area contributed by atoms with Crippen LogP contribution in [-0.4, -0.2) is 48.7 Å². The Morgan fingerprint density at radius 3 is 2.39 bits per heavy atom. The fourth-order valence-electron chi connectivity index (χ4n) is 5.95. The third-order valence-electron chi connectivity index (χ3n) is 7.32. The predicted molar refractivity (Wildman–Crippen MR) is 135 cm³/mol. The molecule has 1 fully saturated rings. The van der Waals surface area contributed by atoms with E-state index in [9.17, 15) is 18.4 Å². The lowest BCUT2D eigenvalue weighted by molar-refractivity contribution is -0.133. The average Bonchev–Trinajstić information content (AvgIpc) is 3.47. The Bertz CT molecular complexity index is 1340. The zero-order valence-electron chi connectivity index (χ0n) is 21.4. The van der Waals surface area contributed by atoms with Crippen molar-refractivity contribution in [1.29, 1.82) is 0 Å². The van der Waals surface area contributed by atoms with E-state index >= 15 is 0 Å². The van der Waals surface area contributed by atoms with E-state index in [1.165, 1.54) is 0 Å². The molecule has 2 heterocycles. The molecule has 3 atom stereocenters. The van der Waals surface area contributed by atoms with Crippen molar-refractivity contribution in [2.75, 3.05) is 0 Å². The summed E-state index contributed by atoms with van der Waals surface area (Å²) in [5, 5.41) is 16.1. The number of nitrogens with zero attached hydrogens (tertiary/aromatic N) is 5. The van der Waals surface area contributed by atoms with Crippen molar-refractivity contribution in [2.45, 2.75) is 58.3 Å². The van der Waals surface area contributed by atoms with E-state index in [-0.39, 0.29) is 29.6 Å². The standard InChI is InChI=1S/C27H29F2N7O2/c1-15-8-16(2)13-27(12-15)31-24(20-9-21(28)11-22(29)10-20)26(38)36(27)17(3)18-4-6-19(7-5-18)25(37)30-14-23-32-34-35-33-23/h4-7,9-11,15-17H,8,12-14H2,1-3H3,(H,30,37)(H,32,33,34,35)/t15?,16?,17-,27?/m1/s1. The molecule has 5 rings (SSSR count). The summed E-state index contributed by atoms with van der Waals surface area (Å²) in [6.45, 7) is 6.33. The molecule has 2 N–H and O–H groups in total. The van der Waals surface area contributed by atoms with Crippen LogP contribution in [0.2, 0.25) is 0 Å². The second-order valence-corrected chi connectivity index (χ2v) is 10.4. The van der Waals surface area contributed by atoms with Crippen LogP contribution in [0.5, 0.6) is 0 Å². The molecule has 0 radical (unpaired) electrons. The summed E-state index contributed by atoms with van der Waals surface area (Å²) in [5.41, 5.74) is 0.668. The zero-order chi connectivity index (χ0) is 27.0. The normalized spacial score (nSPS) is 24.0. The Kier molecular flexibility index (Phi) is 6.77. The molecule has 2 unspecified atom stereocenters. The van der Waals surface area contributed by atoms with Gasteiger partial charge in [-0.3, -0.25) is 14.6 Å². The maximum absolute atomic E-state index is 14.1. The van der Waals surface area contributed by atoms with Gasteiger partial charge in [-0.15, -0.1) is 10.2 Å². The van der Waals surface area contributed by atoms with Crippen molar-refractivity contribution in [2.24, 2.45) is 16.8 Å². The predicted octanol–water partition coefficient (Wildman–Crippen LogP) is 3.95. The number of aromatic amines is 1. The fourth-order valence-corrected chi connectivity index (χ4v) is 5.95. The smallest absolute Gasteiger partial charge is 0.275 e. The molecule has 11 heteroatoms. The van der Waals surface area contributed by atoms with Crippen LogP contribution >= 0.6 is 0 Å². The molecule has 38 heavy (non-hydrogen) atoms. The van der Waals surface area contributed by atoms with Gasteiger partial charge in [0.2, 0.25) is 0 Å². The number of aromatic nitrogens is 4. The first kappa shape index (κ1) is 25.6. The summed E-state index contributed by atoms with van der Waals surface area (Å²) in [5.74, 6) is -1.16. The van der Waals surface area contributed by atoms with E-state index in [4.69, 9.17) is 4.99 Å². The lowest BCUT2D eigenvalue weighted by Gasteiger charge is -2.46. The van der Waals surface area contributed by atoms with Gasteiger partial charge in [0.25, 0.3) is 11.8 Å². The molecule has 198 valence electrons. The van der Waals surface area contributed by atoms with Crippen LogP contribution in [0, 0.1) is 23.5 Å². The van der Waals surface area contributed by atoms with Crippen LogP contribution in [-0.2, 0) is 11.3 Å². The first-order valence-electron chi connectivity index (χ1n) is 12.7. The number of aliphatic imine (C=N–C) groups is 1. The van der Waals surface area contributed by atoms with Crippen molar-refractivity contribution in [3.05, 3.63) is 76.6 Å². The second kappa shape index (κ2) is 10.0. The molecule has 1 saturated carbocycles. The van der Waals surface area contributed by atoms with E-state index in [2.05, 4.69) is 39.8 Å². The van der Waals surface area contributed by atoms with Gasteiger partial charge in [0.1, 0.15) is 23.0 Å². The van der Waals surface area contributed by atoms with Crippen LogP contribution in [0.15, 0.2) is 47.5 Å². The monoisotopic (exact) mass is 521 g/mol. The minimum Gasteiger partial charge on any atom is -0.345 e. The molecular weight excluding hydrogens is 492 g/mol. The number of nitrogens with one attached hydrogen (secondary N) is 2. The van der Waals surface area contributed by atoms with Crippen LogP contribution in [0.1, 0.15) is 73.4 Å². The van der Waals surface area contributed by atoms with Gasteiger partial charge in [-0.05, 0) is 67.9 Å². The number of carbonyl (C=O) groups is 2. The molecule has 2 aliphatic rings. The fraction of sp³-hybridized carbons (Fsp3) is 0.407. The van der Waals surface area contributed by atoms with Gasteiger partial charge in [-0.2, -0.15) is 5.21 Å². The van der Waals surface area contributed by atoms with Crippen molar-refractivity contribution < 1.29 is 18.4 Å². The minimum atomic E-state index is -0.813. The number of hydrogen-bond donors (Lipinski definition) is 2. The molecule has 0 bridgehead atoms. The Morgan fingerprint density at radius 2 is 1.79 bits per heavy atom. The van der Waals surface area contributed by atoms with E-state index in [1.807, 2.05) is 19.1 Å². The molecular formula is C27H29F2N7O2. The lowest BCUT2D eigenvalue weighted by atomic mass is 9.75. The summed E-state index contributed by atoms with van der Waals surface area (Å²) in [4.78, 5) is 33.1. The van der Waals surface area contributed by atoms with Gasteiger partial charge >= 0.3 is 0 Å². The highest BCUT2D eigenvalue weighted by molar-refractivity contribution is 6.46. The molecule has 1 aliphatic carbocycles. The number of tetrazole rings is 1. The number of carbonyl (C=O) groups excluding carboxylic acids is 2. The average molecular weight is 522 g/mol. The van der Waals surface area contributed by atoms with Gasteiger partial charge in [-0.25, -0.2) is 8.78 Å². The van der Waals surface area contributed by atoms with E-state index < -0.39 is 23.3 Å². The molecule has 3 aromatic rings. The van der Waals surface area contributed by atoms with Gasteiger partial charge in [0, 0.05) is 17.2 Å². The zero-order valence-corrected chi connectivity index (χ0v) is 21.4. The number of rotatable bonds is 6. The van der Waals surface area contributed by atoms with Crippen LogP contribution < -0.4 is 5.32 Å². The van der Waals surface area contributed by atoms with Crippen LogP contribution in [0.25, 0.3) is 0 Å². The SMILES string of the molecule is CC1CC(C)CC2(C1)N=C(c1cc(F)cc(F)c1)C(=O)N2[C@H](C)c1ccc(C(=O)NCc2nn[nH]n2)cc1.